The van der Waals surface area contributed by atoms with Gasteiger partial charge in [-0.05, 0) is 43.9 Å². The molecule has 1 heteroatoms. The van der Waals surface area contributed by atoms with Crippen molar-refractivity contribution in [3.05, 3.63) is 82.9 Å². The first-order valence-corrected chi connectivity index (χ1v) is 9.23. The van der Waals surface area contributed by atoms with Crippen LogP contribution < -0.4 is 5.73 Å². The van der Waals surface area contributed by atoms with Gasteiger partial charge in [-0.1, -0.05) is 90.4 Å². The van der Waals surface area contributed by atoms with Crippen molar-refractivity contribution in [3.63, 3.8) is 0 Å². The number of benzene rings is 3. The smallest absolute Gasteiger partial charge is 0.0473 e. The third-order valence-corrected chi connectivity index (χ3v) is 4.96. The summed E-state index contributed by atoms with van der Waals surface area (Å²) >= 11 is 0. The number of hydrogen-bond donors (Lipinski definition) is 1. The van der Waals surface area contributed by atoms with Gasteiger partial charge in [-0.3, -0.25) is 0 Å². The van der Waals surface area contributed by atoms with Crippen LogP contribution >= 0.6 is 0 Å². The van der Waals surface area contributed by atoms with Gasteiger partial charge in [0.15, 0.2) is 0 Å². The molecule has 0 bridgehead atoms. The molecule has 0 amide bonds. The van der Waals surface area contributed by atoms with Gasteiger partial charge >= 0.3 is 0 Å². The zero-order valence-corrected chi connectivity index (χ0v) is 16.1. The number of nitrogens with two attached hydrogens (primary N) is 1. The second-order valence-corrected chi connectivity index (χ2v) is 7.06. The lowest BCUT2D eigenvalue weighted by atomic mass is 9.91. The molecule has 0 fully saturated rings. The van der Waals surface area contributed by atoms with Crippen molar-refractivity contribution in [2.24, 2.45) is 0 Å². The fraction of sp³-hybridized carbons (Fsp3) is 0.200. The summed E-state index contributed by atoms with van der Waals surface area (Å²) in [6, 6.07) is 21.6. The normalized spacial score (nSPS) is 11.6. The van der Waals surface area contributed by atoms with Crippen LogP contribution in [0.4, 0.5) is 5.69 Å². The minimum absolute atomic E-state index is 0.847. The minimum Gasteiger partial charge on any atom is -0.398 e. The summed E-state index contributed by atoms with van der Waals surface area (Å²) in [6.45, 7) is 8.56. The van der Waals surface area contributed by atoms with Gasteiger partial charge in [0, 0.05) is 16.8 Å². The monoisotopic (exact) mass is 341 g/mol. The molecule has 0 unspecified atom stereocenters. The highest BCUT2D eigenvalue weighted by molar-refractivity contribution is 5.91. The van der Waals surface area contributed by atoms with E-state index in [2.05, 4.69) is 94.4 Å². The lowest BCUT2D eigenvalue weighted by Gasteiger charge is -2.16. The largest absolute Gasteiger partial charge is 0.398 e. The predicted octanol–water partition coefficient (Wildman–Crippen LogP) is 7.03. The minimum atomic E-state index is 0.847. The van der Waals surface area contributed by atoms with Gasteiger partial charge in [-0.15, -0.1) is 0 Å². The summed E-state index contributed by atoms with van der Waals surface area (Å²) < 4.78 is 0. The molecule has 0 aliphatic rings. The maximum Gasteiger partial charge on any atom is 0.0473 e. The summed E-state index contributed by atoms with van der Waals surface area (Å²) in [7, 11) is 0. The summed E-state index contributed by atoms with van der Waals surface area (Å²) in [4.78, 5) is 0. The molecular weight excluding hydrogens is 314 g/mol. The van der Waals surface area contributed by atoms with Gasteiger partial charge in [0.25, 0.3) is 0 Å². The Bertz CT molecular complexity index is 929. The van der Waals surface area contributed by atoms with Gasteiger partial charge in [0.1, 0.15) is 0 Å². The third-order valence-electron chi connectivity index (χ3n) is 4.96. The molecule has 1 nitrogen and oxygen atoms in total. The van der Waals surface area contributed by atoms with Crippen LogP contribution in [0.3, 0.4) is 0 Å². The predicted molar refractivity (Wildman–Crippen MR) is 115 cm³/mol. The highest BCUT2D eigenvalue weighted by atomic mass is 14.6. The highest BCUT2D eigenvalue weighted by Crippen LogP contribution is 2.37. The van der Waals surface area contributed by atoms with E-state index in [4.69, 9.17) is 5.73 Å². The second kappa shape index (κ2) is 7.61. The summed E-state index contributed by atoms with van der Waals surface area (Å²) in [5.41, 5.74) is 17.1. The quantitative estimate of drug-likeness (QED) is 0.506. The molecule has 3 rings (SSSR count). The lowest BCUT2D eigenvalue weighted by molar-refractivity contribution is 1.11. The van der Waals surface area contributed by atoms with E-state index < -0.39 is 0 Å². The Morgan fingerprint density at radius 1 is 0.769 bits per heavy atom. The fourth-order valence-corrected chi connectivity index (χ4v) is 3.11. The molecule has 0 heterocycles. The first-order valence-electron chi connectivity index (χ1n) is 9.23. The van der Waals surface area contributed by atoms with Gasteiger partial charge in [0.2, 0.25) is 0 Å². The van der Waals surface area contributed by atoms with Gasteiger partial charge in [0.05, 0.1) is 0 Å². The van der Waals surface area contributed by atoms with E-state index in [1.165, 1.54) is 27.8 Å². The van der Waals surface area contributed by atoms with Crippen LogP contribution in [-0.4, -0.2) is 0 Å². The molecule has 0 aliphatic heterocycles. The molecule has 2 N–H and O–H groups in total. The molecule has 0 aromatic heterocycles. The number of hydrogen-bond acceptors (Lipinski definition) is 1. The molecule has 3 aromatic carbocycles. The standard InChI is InChI=1S/C25H27N/c1-5-17(2)16-24-22(20-10-6-18(3)7-11-20)14-15-23(25(24)26)21-12-8-19(4)9-13-21/h6-16H,5,26H2,1-4H3/b17-16-. The van der Waals surface area contributed by atoms with Crippen molar-refractivity contribution < 1.29 is 0 Å². The topological polar surface area (TPSA) is 26.0 Å². The van der Waals surface area contributed by atoms with Crippen LogP contribution in [0, 0.1) is 13.8 Å². The van der Waals surface area contributed by atoms with Crippen molar-refractivity contribution >= 4 is 11.8 Å². The number of aryl methyl sites for hydroxylation is 2. The Balaban J connectivity index is 2.21. The summed E-state index contributed by atoms with van der Waals surface area (Å²) in [6.07, 6.45) is 3.25. The summed E-state index contributed by atoms with van der Waals surface area (Å²) in [5.74, 6) is 0. The van der Waals surface area contributed by atoms with E-state index in [1.54, 1.807) is 0 Å². The second-order valence-electron chi connectivity index (χ2n) is 7.06. The van der Waals surface area contributed by atoms with Crippen LogP contribution in [0.25, 0.3) is 28.3 Å². The first-order chi connectivity index (χ1) is 12.5. The third kappa shape index (κ3) is 3.72. The van der Waals surface area contributed by atoms with Crippen LogP contribution in [0.5, 0.6) is 0 Å². The molecule has 132 valence electrons. The SMILES string of the molecule is CC/C(C)=C\c1c(-c2ccc(C)cc2)ccc(-c2ccc(C)cc2)c1N. The van der Waals surface area contributed by atoms with E-state index in [-0.39, 0.29) is 0 Å². The molecule has 0 aliphatic carbocycles. The van der Waals surface area contributed by atoms with Crippen molar-refractivity contribution in [2.45, 2.75) is 34.1 Å². The average molecular weight is 341 g/mol. The van der Waals surface area contributed by atoms with Crippen molar-refractivity contribution in [2.75, 3.05) is 5.73 Å². The molecule has 3 aromatic rings. The van der Waals surface area contributed by atoms with Crippen LogP contribution in [-0.2, 0) is 0 Å². The molecule has 0 spiro atoms. The number of rotatable bonds is 4. The highest BCUT2D eigenvalue weighted by Gasteiger charge is 2.12. The van der Waals surface area contributed by atoms with Crippen molar-refractivity contribution in [3.8, 4) is 22.3 Å². The zero-order chi connectivity index (χ0) is 18.7. The van der Waals surface area contributed by atoms with E-state index in [0.29, 0.717) is 0 Å². The zero-order valence-electron chi connectivity index (χ0n) is 16.1. The fourth-order valence-electron chi connectivity index (χ4n) is 3.11. The Morgan fingerprint density at radius 2 is 1.23 bits per heavy atom. The van der Waals surface area contributed by atoms with Crippen LogP contribution in [0.2, 0.25) is 0 Å². The molecule has 0 radical (unpaired) electrons. The van der Waals surface area contributed by atoms with Gasteiger partial charge in [-0.25, -0.2) is 0 Å². The lowest BCUT2D eigenvalue weighted by Crippen LogP contribution is -1.97. The van der Waals surface area contributed by atoms with Crippen molar-refractivity contribution in [1.82, 2.24) is 0 Å². The van der Waals surface area contributed by atoms with Crippen LogP contribution in [0.1, 0.15) is 37.0 Å². The van der Waals surface area contributed by atoms with E-state index in [0.717, 1.165) is 28.8 Å². The number of allylic oxidation sites excluding steroid dienone is 1. The molecular formula is C25H27N. The Kier molecular flexibility index (Phi) is 5.27. The average Bonchev–Trinajstić information content (AvgIpc) is 2.65. The van der Waals surface area contributed by atoms with Gasteiger partial charge < -0.3 is 5.73 Å². The Morgan fingerprint density at radius 3 is 1.73 bits per heavy atom. The van der Waals surface area contributed by atoms with Gasteiger partial charge in [-0.2, -0.15) is 0 Å². The van der Waals surface area contributed by atoms with Crippen LogP contribution in [0.15, 0.2) is 66.2 Å². The maximum absolute atomic E-state index is 6.68. The van der Waals surface area contributed by atoms with E-state index in [9.17, 15) is 0 Å². The van der Waals surface area contributed by atoms with Crippen molar-refractivity contribution in [1.29, 1.82) is 0 Å². The summed E-state index contributed by atoms with van der Waals surface area (Å²) in [5, 5.41) is 0. The first kappa shape index (κ1) is 18.0. The van der Waals surface area contributed by atoms with E-state index >= 15 is 0 Å². The maximum atomic E-state index is 6.68. The molecule has 0 saturated carbocycles. The number of nitrogen functional groups attached to an aromatic ring is 1. The molecule has 26 heavy (non-hydrogen) atoms. The Hall–Kier alpha value is -2.80. The number of anilines is 1. The Labute approximate surface area is 157 Å². The molecule has 0 atom stereocenters. The van der Waals surface area contributed by atoms with E-state index in [1.807, 2.05) is 0 Å². The molecule has 0 saturated heterocycles.